The molecule has 154 valence electrons. The van der Waals surface area contributed by atoms with Crippen molar-refractivity contribution in [3.05, 3.63) is 41.5 Å². The van der Waals surface area contributed by atoms with E-state index >= 15 is 0 Å². The molecule has 0 bridgehead atoms. The molecule has 0 spiro atoms. The Kier molecular flexibility index (Phi) is 6.85. The number of sulfone groups is 1. The van der Waals surface area contributed by atoms with Crippen LogP contribution < -0.4 is 0 Å². The summed E-state index contributed by atoms with van der Waals surface area (Å²) in [5.41, 5.74) is 3.06. The SMILES string of the molecule is CCCS(=O)(=O)c1ncc(CN(C)Cc2ncccc2C)n1CC1CCCO1. The van der Waals surface area contributed by atoms with Crippen LogP contribution in [0.25, 0.3) is 0 Å². The van der Waals surface area contributed by atoms with Gasteiger partial charge in [0.1, 0.15) is 0 Å². The van der Waals surface area contributed by atoms with Gasteiger partial charge in [-0.1, -0.05) is 13.0 Å². The number of rotatable bonds is 9. The van der Waals surface area contributed by atoms with Crippen molar-refractivity contribution in [1.82, 2.24) is 19.4 Å². The monoisotopic (exact) mass is 406 g/mol. The van der Waals surface area contributed by atoms with Gasteiger partial charge in [-0.25, -0.2) is 13.4 Å². The van der Waals surface area contributed by atoms with Gasteiger partial charge in [0.05, 0.1) is 36.0 Å². The second-order valence-electron chi connectivity index (χ2n) is 7.54. The molecule has 1 aliphatic rings. The lowest BCUT2D eigenvalue weighted by molar-refractivity contribution is 0.0934. The Morgan fingerprint density at radius 1 is 1.32 bits per heavy atom. The van der Waals surface area contributed by atoms with E-state index in [0.717, 1.165) is 36.4 Å². The number of aromatic nitrogens is 3. The third-order valence-electron chi connectivity index (χ3n) is 5.03. The Balaban J connectivity index is 1.83. The van der Waals surface area contributed by atoms with Gasteiger partial charge >= 0.3 is 0 Å². The molecule has 0 aliphatic carbocycles. The topological polar surface area (TPSA) is 77.3 Å². The summed E-state index contributed by atoms with van der Waals surface area (Å²) >= 11 is 0. The maximum atomic E-state index is 12.7. The van der Waals surface area contributed by atoms with Crippen LogP contribution in [-0.4, -0.2) is 53.4 Å². The summed E-state index contributed by atoms with van der Waals surface area (Å²) in [6.07, 6.45) is 6.08. The standard InChI is InChI=1S/C20H30N4O3S/c1-4-11-28(25,26)20-22-12-17(24(20)14-18-8-6-10-27-18)13-23(3)15-19-16(2)7-5-9-21-19/h5,7,9,12,18H,4,6,8,10-11,13-15H2,1-3H3. The molecule has 0 amide bonds. The highest BCUT2D eigenvalue weighted by Gasteiger charge is 2.26. The Hall–Kier alpha value is -1.77. The van der Waals surface area contributed by atoms with Crippen LogP contribution in [0, 0.1) is 6.92 Å². The van der Waals surface area contributed by atoms with Crippen molar-refractivity contribution in [3.8, 4) is 0 Å². The van der Waals surface area contributed by atoms with Crippen LogP contribution in [0.2, 0.25) is 0 Å². The average molecular weight is 407 g/mol. The average Bonchev–Trinajstić information content (AvgIpc) is 3.28. The molecule has 7 nitrogen and oxygen atoms in total. The number of ether oxygens (including phenoxy) is 1. The maximum Gasteiger partial charge on any atom is 0.227 e. The van der Waals surface area contributed by atoms with Crippen LogP contribution in [-0.2, 0) is 34.2 Å². The molecular weight excluding hydrogens is 376 g/mol. The minimum atomic E-state index is -3.40. The first kappa shape index (κ1) is 21.0. The summed E-state index contributed by atoms with van der Waals surface area (Å²) in [5.74, 6) is 0.109. The molecule has 1 aliphatic heterocycles. The molecule has 1 atom stereocenters. The van der Waals surface area contributed by atoms with E-state index in [-0.39, 0.29) is 17.0 Å². The van der Waals surface area contributed by atoms with Crippen molar-refractivity contribution in [1.29, 1.82) is 0 Å². The summed E-state index contributed by atoms with van der Waals surface area (Å²) in [6.45, 7) is 6.48. The van der Waals surface area contributed by atoms with Crippen molar-refractivity contribution < 1.29 is 13.2 Å². The van der Waals surface area contributed by atoms with E-state index in [9.17, 15) is 8.42 Å². The highest BCUT2D eigenvalue weighted by Crippen LogP contribution is 2.21. The van der Waals surface area contributed by atoms with Gasteiger partial charge in [0, 0.05) is 25.9 Å². The van der Waals surface area contributed by atoms with Crippen LogP contribution in [0.1, 0.15) is 43.1 Å². The number of hydrogen-bond donors (Lipinski definition) is 0. The van der Waals surface area contributed by atoms with Crippen molar-refractivity contribution in [2.75, 3.05) is 19.4 Å². The largest absolute Gasteiger partial charge is 0.376 e. The van der Waals surface area contributed by atoms with Crippen molar-refractivity contribution in [3.63, 3.8) is 0 Å². The molecule has 0 radical (unpaired) electrons. The van der Waals surface area contributed by atoms with Gasteiger partial charge in [0.25, 0.3) is 0 Å². The third kappa shape index (κ3) is 4.98. The first-order valence-electron chi connectivity index (χ1n) is 9.88. The molecule has 3 heterocycles. The molecule has 3 rings (SSSR count). The van der Waals surface area contributed by atoms with Gasteiger partial charge < -0.3 is 9.30 Å². The lowest BCUT2D eigenvalue weighted by Crippen LogP contribution is -2.25. The molecule has 0 saturated carbocycles. The van der Waals surface area contributed by atoms with Gasteiger partial charge in [0.2, 0.25) is 15.0 Å². The Labute approximate surface area is 167 Å². The highest BCUT2D eigenvalue weighted by atomic mass is 32.2. The minimum Gasteiger partial charge on any atom is -0.376 e. The maximum absolute atomic E-state index is 12.7. The second kappa shape index (κ2) is 9.15. The zero-order chi connectivity index (χ0) is 20.1. The molecule has 2 aromatic heterocycles. The number of aryl methyl sites for hydroxylation is 1. The molecule has 0 N–H and O–H groups in total. The number of nitrogens with zero attached hydrogens (tertiary/aromatic N) is 4. The highest BCUT2D eigenvalue weighted by molar-refractivity contribution is 7.91. The van der Waals surface area contributed by atoms with Crippen molar-refractivity contribution >= 4 is 9.84 Å². The molecule has 8 heteroatoms. The van der Waals surface area contributed by atoms with Crippen LogP contribution in [0.4, 0.5) is 0 Å². The van der Waals surface area contributed by atoms with E-state index in [1.165, 1.54) is 0 Å². The smallest absolute Gasteiger partial charge is 0.227 e. The Morgan fingerprint density at radius 2 is 2.14 bits per heavy atom. The fourth-order valence-corrected chi connectivity index (χ4v) is 5.05. The number of pyridine rings is 1. The van der Waals surface area contributed by atoms with E-state index in [0.29, 0.717) is 26.1 Å². The van der Waals surface area contributed by atoms with Gasteiger partial charge in [-0.05, 0) is 44.9 Å². The van der Waals surface area contributed by atoms with Crippen LogP contribution in [0.3, 0.4) is 0 Å². The van der Waals surface area contributed by atoms with Gasteiger partial charge in [-0.2, -0.15) is 0 Å². The van der Waals surface area contributed by atoms with Crippen molar-refractivity contribution in [2.45, 2.75) is 64.0 Å². The van der Waals surface area contributed by atoms with Crippen LogP contribution in [0.5, 0.6) is 0 Å². The summed E-state index contributed by atoms with van der Waals surface area (Å²) < 4.78 is 33.0. The van der Waals surface area contributed by atoms with Gasteiger partial charge in [0.15, 0.2) is 0 Å². The Morgan fingerprint density at radius 3 is 2.82 bits per heavy atom. The first-order valence-corrected chi connectivity index (χ1v) is 11.5. The van der Waals surface area contributed by atoms with E-state index < -0.39 is 9.84 Å². The number of imidazole rings is 1. The minimum absolute atomic E-state index is 0.0480. The summed E-state index contributed by atoms with van der Waals surface area (Å²) in [4.78, 5) is 10.9. The molecule has 0 aromatic carbocycles. The van der Waals surface area contributed by atoms with Crippen LogP contribution in [0.15, 0.2) is 29.7 Å². The van der Waals surface area contributed by atoms with Gasteiger partial charge in [-0.3, -0.25) is 9.88 Å². The number of hydrogen-bond acceptors (Lipinski definition) is 6. The van der Waals surface area contributed by atoms with E-state index in [2.05, 4.69) is 14.9 Å². The van der Waals surface area contributed by atoms with E-state index in [1.807, 2.05) is 37.6 Å². The predicted molar refractivity (Wildman–Crippen MR) is 108 cm³/mol. The molecular formula is C20H30N4O3S. The predicted octanol–water partition coefficient (Wildman–Crippen LogP) is 2.58. The summed E-state index contributed by atoms with van der Waals surface area (Å²) in [5, 5.41) is 0.169. The lowest BCUT2D eigenvalue weighted by Gasteiger charge is -2.20. The molecule has 28 heavy (non-hydrogen) atoms. The van der Waals surface area contributed by atoms with E-state index in [1.54, 1.807) is 12.4 Å². The van der Waals surface area contributed by atoms with Crippen LogP contribution >= 0.6 is 0 Å². The first-order chi connectivity index (χ1) is 13.4. The Bertz CT molecular complexity index is 889. The molecule has 1 saturated heterocycles. The normalized spacial score (nSPS) is 17.5. The van der Waals surface area contributed by atoms with Gasteiger partial charge in [-0.15, -0.1) is 0 Å². The zero-order valence-corrected chi connectivity index (χ0v) is 17.8. The second-order valence-corrected chi connectivity index (χ2v) is 9.54. The summed E-state index contributed by atoms with van der Waals surface area (Å²) in [7, 11) is -1.39. The lowest BCUT2D eigenvalue weighted by atomic mass is 10.2. The third-order valence-corrected chi connectivity index (χ3v) is 6.86. The fourth-order valence-electron chi connectivity index (χ4n) is 3.59. The molecule has 1 fully saturated rings. The zero-order valence-electron chi connectivity index (χ0n) is 17.0. The van der Waals surface area contributed by atoms with Crippen molar-refractivity contribution in [2.24, 2.45) is 0 Å². The fraction of sp³-hybridized carbons (Fsp3) is 0.600. The molecule has 1 unspecified atom stereocenters. The quantitative estimate of drug-likeness (QED) is 0.637. The molecule has 2 aromatic rings. The summed E-state index contributed by atoms with van der Waals surface area (Å²) in [6, 6.07) is 3.98. The van der Waals surface area contributed by atoms with E-state index in [4.69, 9.17) is 4.74 Å².